The average molecular weight is 286 g/mol. The number of Topliss-reactive ketones (excluding diaryl/α,β-unsaturated/α-hetero) is 1. The number of methoxy groups -OCH3 is 1. The summed E-state index contributed by atoms with van der Waals surface area (Å²) in [5.41, 5.74) is 2.81. The third kappa shape index (κ3) is 3.15. The highest BCUT2D eigenvalue weighted by atomic mass is 16.5. The maximum atomic E-state index is 12.6. The number of carbonyl (C=O) groups excluding carboxylic acids is 1. The second-order valence-corrected chi connectivity index (χ2v) is 5.05. The van der Waals surface area contributed by atoms with E-state index in [1.54, 1.807) is 31.4 Å². The summed E-state index contributed by atoms with van der Waals surface area (Å²) >= 11 is 0. The van der Waals surface area contributed by atoms with Crippen molar-refractivity contribution < 1.29 is 9.53 Å². The van der Waals surface area contributed by atoms with Crippen molar-refractivity contribution >= 4 is 5.78 Å². The molecule has 2 aromatic rings. The first-order valence-electron chi connectivity index (χ1n) is 7.36. The number of ketones is 1. The number of aromatic nitrogens is 2. The number of hydrogen-bond acceptors (Lipinski definition) is 3. The van der Waals surface area contributed by atoms with Crippen LogP contribution in [0.25, 0.3) is 0 Å². The molecule has 0 saturated carbocycles. The van der Waals surface area contributed by atoms with Gasteiger partial charge in [0.2, 0.25) is 0 Å². The van der Waals surface area contributed by atoms with Gasteiger partial charge in [0.25, 0.3) is 0 Å². The fourth-order valence-electron chi connectivity index (χ4n) is 2.37. The van der Waals surface area contributed by atoms with Gasteiger partial charge in [-0.25, -0.2) is 0 Å². The lowest BCUT2D eigenvalue weighted by Crippen LogP contribution is -2.20. The quantitative estimate of drug-likeness (QED) is 0.764. The Labute approximate surface area is 125 Å². The minimum absolute atomic E-state index is 0.0677. The second-order valence-electron chi connectivity index (χ2n) is 5.05. The van der Waals surface area contributed by atoms with E-state index in [0.29, 0.717) is 5.56 Å². The molecule has 4 heteroatoms. The lowest BCUT2D eigenvalue weighted by molar-refractivity contribution is 0.0926. The molecule has 0 aliphatic rings. The summed E-state index contributed by atoms with van der Waals surface area (Å²) in [6, 6.07) is 9.00. The fraction of sp³-hybridized carbons (Fsp3) is 0.412. The van der Waals surface area contributed by atoms with Gasteiger partial charge in [0.15, 0.2) is 5.78 Å². The van der Waals surface area contributed by atoms with Crippen molar-refractivity contribution in [2.24, 2.45) is 0 Å². The van der Waals surface area contributed by atoms with Crippen LogP contribution < -0.4 is 4.74 Å². The van der Waals surface area contributed by atoms with Crippen LogP contribution in [0.5, 0.6) is 5.75 Å². The lowest BCUT2D eigenvalue weighted by Gasteiger charge is -2.14. The molecule has 1 heterocycles. The second kappa shape index (κ2) is 6.57. The van der Waals surface area contributed by atoms with Gasteiger partial charge < -0.3 is 4.74 Å². The Bertz CT molecular complexity index is 614. The summed E-state index contributed by atoms with van der Waals surface area (Å²) in [6.07, 6.45) is 1.75. The Morgan fingerprint density at radius 1 is 1.24 bits per heavy atom. The molecular formula is C17H22N2O2. The van der Waals surface area contributed by atoms with Gasteiger partial charge in [-0.1, -0.05) is 13.8 Å². The Morgan fingerprint density at radius 3 is 2.43 bits per heavy atom. The van der Waals surface area contributed by atoms with Crippen molar-refractivity contribution in [1.29, 1.82) is 0 Å². The van der Waals surface area contributed by atoms with E-state index in [2.05, 4.69) is 25.0 Å². The van der Waals surface area contributed by atoms with E-state index in [4.69, 9.17) is 4.74 Å². The van der Waals surface area contributed by atoms with Crippen molar-refractivity contribution in [1.82, 2.24) is 9.78 Å². The highest BCUT2D eigenvalue weighted by Gasteiger charge is 2.20. The smallest absolute Gasteiger partial charge is 0.187 e. The number of benzene rings is 1. The Kier molecular flexibility index (Phi) is 4.78. The van der Waals surface area contributed by atoms with E-state index in [1.165, 1.54) is 0 Å². The zero-order valence-corrected chi connectivity index (χ0v) is 13.1. The summed E-state index contributed by atoms with van der Waals surface area (Å²) in [5.74, 6) is 0.818. The molecule has 1 aromatic heterocycles. The minimum Gasteiger partial charge on any atom is -0.497 e. The molecule has 4 nitrogen and oxygen atoms in total. The van der Waals surface area contributed by atoms with Crippen LogP contribution in [0.2, 0.25) is 0 Å². The summed E-state index contributed by atoms with van der Waals surface area (Å²) in [7, 11) is 1.61. The molecule has 0 aliphatic carbocycles. The highest BCUT2D eigenvalue weighted by Crippen LogP contribution is 2.20. The maximum Gasteiger partial charge on any atom is 0.187 e. The zero-order valence-electron chi connectivity index (χ0n) is 13.1. The third-order valence-electron chi connectivity index (χ3n) is 3.71. The Hall–Kier alpha value is -2.10. The van der Waals surface area contributed by atoms with E-state index < -0.39 is 0 Å². The van der Waals surface area contributed by atoms with Crippen LogP contribution in [0.3, 0.4) is 0 Å². The Balaban J connectivity index is 2.27. The summed E-state index contributed by atoms with van der Waals surface area (Å²) in [6.45, 7) is 6.05. The fourth-order valence-corrected chi connectivity index (χ4v) is 2.37. The molecule has 0 fully saturated rings. The van der Waals surface area contributed by atoms with Crippen LogP contribution >= 0.6 is 0 Å². The van der Waals surface area contributed by atoms with Crippen LogP contribution in [0.15, 0.2) is 30.3 Å². The van der Waals surface area contributed by atoms with Gasteiger partial charge >= 0.3 is 0 Å². The molecule has 0 radical (unpaired) electrons. The largest absolute Gasteiger partial charge is 0.497 e. The van der Waals surface area contributed by atoms with E-state index in [9.17, 15) is 4.79 Å². The molecule has 0 amide bonds. The normalized spacial score (nSPS) is 12.2. The monoisotopic (exact) mass is 286 g/mol. The van der Waals surface area contributed by atoms with Gasteiger partial charge in [0.05, 0.1) is 12.8 Å². The lowest BCUT2D eigenvalue weighted by atomic mass is 10.1. The van der Waals surface area contributed by atoms with Crippen molar-refractivity contribution in [3.8, 4) is 5.75 Å². The van der Waals surface area contributed by atoms with E-state index >= 15 is 0 Å². The van der Waals surface area contributed by atoms with E-state index in [1.807, 2.05) is 11.6 Å². The predicted molar refractivity (Wildman–Crippen MR) is 83.0 cm³/mol. The van der Waals surface area contributed by atoms with Gasteiger partial charge in [0.1, 0.15) is 11.8 Å². The molecule has 1 unspecified atom stereocenters. The minimum atomic E-state index is -0.298. The van der Waals surface area contributed by atoms with Crippen molar-refractivity contribution in [2.45, 2.75) is 39.7 Å². The Morgan fingerprint density at radius 2 is 1.90 bits per heavy atom. The van der Waals surface area contributed by atoms with Crippen LogP contribution in [0, 0.1) is 0 Å². The van der Waals surface area contributed by atoms with Crippen molar-refractivity contribution in [3.63, 3.8) is 0 Å². The summed E-state index contributed by atoms with van der Waals surface area (Å²) in [4.78, 5) is 12.6. The van der Waals surface area contributed by atoms with Gasteiger partial charge in [-0.05, 0) is 50.1 Å². The standard InChI is InChI=1S/C17H22N2O2/c1-5-14-11-15(6-2)19(18-14)12(3)17(20)13-7-9-16(21-4)10-8-13/h7-12H,5-6H2,1-4H3. The van der Waals surface area contributed by atoms with Crippen LogP contribution in [-0.2, 0) is 12.8 Å². The van der Waals surface area contributed by atoms with Gasteiger partial charge in [-0.3, -0.25) is 9.48 Å². The molecule has 112 valence electrons. The van der Waals surface area contributed by atoms with Crippen LogP contribution in [-0.4, -0.2) is 22.7 Å². The highest BCUT2D eigenvalue weighted by molar-refractivity contribution is 5.98. The average Bonchev–Trinajstić information content (AvgIpc) is 2.97. The van der Waals surface area contributed by atoms with Crippen LogP contribution in [0.4, 0.5) is 0 Å². The first-order valence-corrected chi connectivity index (χ1v) is 7.36. The number of carbonyl (C=O) groups is 1. The van der Waals surface area contributed by atoms with Crippen molar-refractivity contribution in [2.75, 3.05) is 7.11 Å². The molecule has 21 heavy (non-hydrogen) atoms. The number of rotatable bonds is 6. The van der Waals surface area contributed by atoms with Gasteiger partial charge in [-0.2, -0.15) is 5.10 Å². The third-order valence-corrected chi connectivity index (χ3v) is 3.71. The molecule has 1 atom stereocenters. The first-order chi connectivity index (χ1) is 10.1. The first kappa shape index (κ1) is 15.3. The summed E-state index contributed by atoms with van der Waals surface area (Å²) in [5, 5.41) is 4.55. The van der Waals surface area contributed by atoms with Gasteiger partial charge in [0, 0.05) is 11.3 Å². The van der Waals surface area contributed by atoms with E-state index in [-0.39, 0.29) is 11.8 Å². The number of ether oxygens (including phenoxy) is 1. The molecular weight excluding hydrogens is 264 g/mol. The van der Waals surface area contributed by atoms with Gasteiger partial charge in [-0.15, -0.1) is 0 Å². The summed E-state index contributed by atoms with van der Waals surface area (Å²) < 4.78 is 6.97. The topological polar surface area (TPSA) is 44.1 Å². The molecule has 0 bridgehead atoms. The maximum absolute atomic E-state index is 12.6. The molecule has 0 N–H and O–H groups in total. The molecule has 0 saturated heterocycles. The number of nitrogens with zero attached hydrogens (tertiary/aromatic N) is 2. The van der Waals surface area contributed by atoms with Crippen LogP contribution in [0.1, 0.15) is 48.6 Å². The number of hydrogen-bond donors (Lipinski definition) is 0. The SMILES string of the molecule is CCc1cc(CC)n(C(C)C(=O)c2ccc(OC)cc2)n1. The molecule has 0 spiro atoms. The number of aryl methyl sites for hydroxylation is 2. The zero-order chi connectivity index (χ0) is 15.4. The molecule has 0 aliphatic heterocycles. The van der Waals surface area contributed by atoms with E-state index in [0.717, 1.165) is 30.0 Å². The van der Waals surface area contributed by atoms with Crippen molar-refractivity contribution in [3.05, 3.63) is 47.3 Å². The molecule has 1 aromatic carbocycles. The predicted octanol–water partition coefficient (Wildman–Crippen LogP) is 3.46. The molecule has 2 rings (SSSR count).